The molecule has 0 bridgehead atoms. The highest BCUT2D eigenvalue weighted by Crippen LogP contribution is 2.20. The van der Waals surface area contributed by atoms with Gasteiger partial charge in [-0.3, -0.25) is 4.98 Å². The third-order valence-electron chi connectivity index (χ3n) is 3.17. The Hall–Kier alpha value is -2.50. The molecule has 122 valence electrons. The van der Waals surface area contributed by atoms with E-state index in [1.54, 1.807) is 18.6 Å². The van der Waals surface area contributed by atoms with Gasteiger partial charge in [0.15, 0.2) is 0 Å². The molecule has 2 heterocycles. The molecule has 2 aromatic rings. The molecule has 2 rings (SSSR count). The van der Waals surface area contributed by atoms with Crippen LogP contribution in [0.5, 0.6) is 0 Å². The van der Waals surface area contributed by atoms with Crippen LogP contribution in [-0.2, 0) is 4.74 Å². The smallest absolute Gasteiger partial charge is 0.408 e. The summed E-state index contributed by atoms with van der Waals surface area (Å²) < 4.78 is 5.30. The first kappa shape index (κ1) is 16.9. The van der Waals surface area contributed by atoms with Crippen LogP contribution in [0.2, 0.25) is 0 Å². The highest BCUT2D eigenvalue weighted by molar-refractivity contribution is 5.68. The predicted molar refractivity (Wildman–Crippen MR) is 87.7 cm³/mol. The lowest BCUT2D eigenvalue weighted by Gasteiger charge is -2.23. The third-order valence-corrected chi connectivity index (χ3v) is 3.17. The fraction of sp³-hybridized carbons (Fsp3) is 0.412. The van der Waals surface area contributed by atoms with Gasteiger partial charge < -0.3 is 10.1 Å². The Morgan fingerprint density at radius 3 is 2.52 bits per heavy atom. The Kier molecular flexibility index (Phi) is 5.26. The highest BCUT2D eigenvalue weighted by Gasteiger charge is 2.19. The lowest BCUT2D eigenvalue weighted by molar-refractivity contribution is 0.0502. The fourth-order valence-electron chi connectivity index (χ4n) is 2.10. The van der Waals surface area contributed by atoms with Gasteiger partial charge in [0.05, 0.1) is 24.1 Å². The van der Waals surface area contributed by atoms with Crippen molar-refractivity contribution >= 4 is 6.09 Å². The largest absolute Gasteiger partial charge is 0.444 e. The molecule has 0 aliphatic rings. The number of amides is 1. The summed E-state index contributed by atoms with van der Waals surface area (Å²) in [5, 5.41) is 10.5. The van der Waals surface area contributed by atoms with E-state index < -0.39 is 11.7 Å². The maximum atomic E-state index is 11.9. The summed E-state index contributed by atoms with van der Waals surface area (Å²) in [7, 11) is 0. The summed E-state index contributed by atoms with van der Waals surface area (Å²) in [4.78, 5) is 16.4. The lowest BCUT2D eigenvalue weighted by Crippen LogP contribution is -2.34. The molecule has 0 aromatic carbocycles. The summed E-state index contributed by atoms with van der Waals surface area (Å²) in [5.41, 5.74) is 2.14. The van der Waals surface area contributed by atoms with Crippen molar-refractivity contribution < 1.29 is 9.53 Å². The summed E-state index contributed by atoms with van der Waals surface area (Å²) >= 11 is 0. The zero-order chi connectivity index (χ0) is 16.9. The van der Waals surface area contributed by atoms with Gasteiger partial charge in [-0.05, 0) is 44.9 Å². The fourth-order valence-corrected chi connectivity index (χ4v) is 2.10. The van der Waals surface area contributed by atoms with Gasteiger partial charge in [0.25, 0.3) is 0 Å². The van der Waals surface area contributed by atoms with E-state index in [2.05, 4.69) is 20.5 Å². The molecule has 0 radical (unpaired) electrons. The van der Waals surface area contributed by atoms with E-state index in [1.807, 2.05) is 45.9 Å². The van der Waals surface area contributed by atoms with Crippen molar-refractivity contribution in [2.45, 2.75) is 45.8 Å². The van der Waals surface area contributed by atoms with Gasteiger partial charge in [-0.1, -0.05) is 13.0 Å². The van der Waals surface area contributed by atoms with Gasteiger partial charge in [0, 0.05) is 11.8 Å². The van der Waals surface area contributed by atoms with Crippen molar-refractivity contribution in [1.82, 2.24) is 20.5 Å². The van der Waals surface area contributed by atoms with Gasteiger partial charge in [-0.2, -0.15) is 10.2 Å². The van der Waals surface area contributed by atoms with E-state index in [1.165, 1.54) is 0 Å². The molecule has 0 saturated heterocycles. The number of hydrogen-bond acceptors (Lipinski definition) is 5. The van der Waals surface area contributed by atoms with Gasteiger partial charge >= 0.3 is 6.09 Å². The van der Waals surface area contributed by atoms with Crippen LogP contribution in [0, 0.1) is 0 Å². The van der Waals surface area contributed by atoms with Crippen LogP contribution in [0.25, 0.3) is 11.3 Å². The Balaban J connectivity index is 2.08. The molecule has 2 aromatic heterocycles. The molecule has 0 aliphatic heterocycles. The topological polar surface area (TPSA) is 77.0 Å². The van der Waals surface area contributed by atoms with Crippen LogP contribution < -0.4 is 5.32 Å². The molecule has 6 nitrogen and oxygen atoms in total. The van der Waals surface area contributed by atoms with Crippen LogP contribution in [-0.4, -0.2) is 26.9 Å². The highest BCUT2D eigenvalue weighted by atomic mass is 16.6. The van der Waals surface area contributed by atoms with E-state index in [9.17, 15) is 4.79 Å². The second kappa shape index (κ2) is 7.17. The molecule has 0 saturated carbocycles. The number of rotatable bonds is 4. The molecule has 0 fully saturated rings. The minimum absolute atomic E-state index is 0.137. The standard InChI is InChI=1S/C17H22N4O2/c1-5-14(21-16(22)23-17(2,3)4)12-6-7-15(18-10-12)13-8-9-19-20-11-13/h6-11,14H,5H2,1-4H3,(H,21,22)/t14-/m1/s1. The maximum Gasteiger partial charge on any atom is 0.408 e. The molecule has 0 aliphatic carbocycles. The number of nitrogens with one attached hydrogen (secondary N) is 1. The van der Waals surface area contributed by atoms with Gasteiger partial charge in [0.2, 0.25) is 0 Å². The maximum absolute atomic E-state index is 11.9. The van der Waals surface area contributed by atoms with Gasteiger partial charge in [0.1, 0.15) is 5.60 Å². The first-order chi connectivity index (χ1) is 10.9. The van der Waals surface area contributed by atoms with E-state index >= 15 is 0 Å². The minimum atomic E-state index is -0.515. The number of nitrogens with zero attached hydrogens (tertiary/aromatic N) is 3. The summed E-state index contributed by atoms with van der Waals surface area (Å²) in [6.45, 7) is 7.52. The van der Waals surface area contributed by atoms with E-state index in [-0.39, 0.29) is 6.04 Å². The SMILES string of the molecule is CC[C@@H](NC(=O)OC(C)(C)C)c1ccc(-c2ccnnc2)nc1. The van der Waals surface area contributed by atoms with Crippen molar-refractivity contribution in [3.05, 3.63) is 42.4 Å². The zero-order valence-corrected chi connectivity index (χ0v) is 13.9. The van der Waals surface area contributed by atoms with Crippen LogP contribution in [0.4, 0.5) is 4.79 Å². The number of ether oxygens (including phenoxy) is 1. The van der Waals surface area contributed by atoms with E-state index in [4.69, 9.17) is 4.74 Å². The number of aromatic nitrogens is 3. The quantitative estimate of drug-likeness (QED) is 0.934. The number of alkyl carbamates (subject to hydrolysis) is 1. The number of carbonyl (C=O) groups is 1. The van der Waals surface area contributed by atoms with Crippen LogP contribution >= 0.6 is 0 Å². The van der Waals surface area contributed by atoms with Crippen LogP contribution in [0.15, 0.2) is 36.8 Å². The molecule has 1 N–H and O–H groups in total. The number of pyridine rings is 1. The van der Waals surface area contributed by atoms with Crippen LogP contribution in [0.3, 0.4) is 0 Å². The van der Waals surface area contributed by atoms with Crippen molar-refractivity contribution in [1.29, 1.82) is 0 Å². The molecule has 23 heavy (non-hydrogen) atoms. The van der Waals surface area contributed by atoms with Crippen molar-refractivity contribution in [3.8, 4) is 11.3 Å². The number of hydrogen-bond donors (Lipinski definition) is 1. The second-order valence-corrected chi connectivity index (χ2v) is 6.21. The number of carbonyl (C=O) groups excluding carboxylic acids is 1. The van der Waals surface area contributed by atoms with Crippen LogP contribution in [0.1, 0.15) is 45.7 Å². The van der Waals surface area contributed by atoms with Crippen molar-refractivity contribution in [2.75, 3.05) is 0 Å². The Morgan fingerprint density at radius 2 is 2.00 bits per heavy atom. The normalized spacial score (nSPS) is 12.5. The molecular weight excluding hydrogens is 292 g/mol. The molecule has 0 spiro atoms. The first-order valence-electron chi connectivity index (χ1n) is 7.61. The average molecular weight is 314 g/mol. The predicted octanol–water partition coefficient (Wildman–Crippen LogP) is 3.51. The summed E-state index contributed by atoms with van der Waals surface area (Å²) in [6, 6.07) is 5.58. The molecular formula is C17H22N4O2. The molecule has 0 unspecified atom stereocenters. The zero-order valence-electron chi connectivity index (χ0n) is 13.9. The Bertz CT molecular complexity index is 636. The van der Waals surface area contributed by atoms with Crippen molar-refractivity contribution in [3.63, 3.8) is 0 Å². The van der Waals surface area contributed by atoms with Gasteiger partial charge in [-0.25, -0.2) is 4.79 Å². The van der Waals surface area contributed by atoms with Gasteiger partial charge in [-0.15, -0.1) is 0 Å². The first-order valence-corrected chi connectivity index (χ1v) is 7.61. The van der Waals surface area contributed by atoms with E-state index in [0.29, 0.717) is 0 Å². The Labute approximate surface area is 136 Å². The Morgan fingerprint density at radius 1 is 1.22 bits per heavy atom. The summed E-state index contributed by atoms with van der Waals surface area (Å²) in [5.74, 6) is 0. The molecule has 1 atom stereocenters. The minimum Gasteiger partial charge on any atom is -0.444 e. The second-order valence-electron chi connectivity index (χ2n) is 6.21. The third kappa shape index (κ3) is 5.02. The molecule has 1 amide bonds. The molecule has 6 heteroatoms. The average Bonchev–Trinajstić information content (AvgIpc) is 2.52. The van der Waals surface area contributed by atoms with E-state index in [0.717, 1.165) is 23.2 Å². The lowest BCUT2D eigenvalue weighted by atomic mass is 10.1. The van der Waals surface area contributed by atoms with Crippen molar-refractivity contribution in [2.24, 2.45) is 0 Å². The monoisotopic (exact) mass is 314 g/mol. The summed E-state index contributed by atoms with van der Waals surface area (Å²) in [6.07, 6.45) is 5.38.